The minimum absolute atomic E-state index is 0.0566. The van der Waals surface area contributed by atoms with Crippen LogP contribution in [-0.2, 0) is 9.59 Å². The zero-order valence-electron chi connectivity index (χ0n) is 12.1. The van der Waals surface area contributed by atoms with Crippen molar-refractivity contribution in [1.82, 2.24) is 5.32 Å². The Kier molecular flexibility index (Phi) is 5.56. The highest BCUT2D eigenvalue weighted by Gasteiger charge is 2.30. The molecule has 1 aromatic carbocycles. The molecule has 0 bridgehead atoms. The van der Waals surface area contributed by atoms with Gasteiger partial charge in [-0.15, -0.1) is 0 Å². The van der Waals surface area contributed by atoms with Crippen LogP contribution >= 0.6 is 35.0 Å². The number of hydrogen-bond acceptors (Lipinski definition) is 5. The number of rotatable bonds is 4. The maximum atomic E-state index is 11.8. The summed E-state index contributed by atoms with van der Waals surface area (Å²) in [6.45, 7) is 1.70. The largest absolute Gasteiger partial charge is 0.369 e. The number of carbonyl (C=O) groups is 2. The predicted molar refractivity (Wildman–Crippen MR) is 93.3 cm³/mol. The molecule has 0 aromatic heterocycles. The van der Waals surface area contributed by atoms with Gasteiger partial charge in [0.15, 0.2) is 5.17 Å². The van der Waals surface area contributed by atoms with Crippen molar-refractivity contribution >= 4 is 51.9 Å². The topological polar surface area (TPSA) is 111 Å². The average Bonchev–Trinajstić information content (AvgIpc) is 2.47. The van der Waals surface area contributed by atoms with E-state index in [0.717, 1.165) is 11.8 Å². The first-order valence-corrected chi connectivity index (χ1v) is 8.25. The van der Waals surface area contributed by atoms with Gasteiger partial charge in [-0.3, -0.25) is 9.59 Å². The van der Waals surface area contributed by atoms with Crippen molar-refractivity contribution in [2.45, 2.75) is 13.0 Å². The van der Waals surface area contributed by atoms with Gasteiger partial charge >= 0.3 is 0 Å². The number of aliphatic imine (C=N–C) groups is 1. The van der Waals surface area contributed by atoms with Crippen LogP contribution in [0, 0.1) is 0 Å². The Morgan fingerprint density at radius 3 is 2.65 bits per heavy atom. The number of thioether (sulfide) groups is 1. The molecule has 0 radical (unpaired) electrons. The molecule has 1 aliphatic heterocycles. The minimum Gasteiger partial charge on any atom is -0.369 e. The summed E-state index contributed by atoms with van der Waals surface area (Å²) in [6, 6.07) is 4.38. The molecule has 1 atom stereocenters. The Hall–Kier alpha value is -1.70. The quantitative estimate of drug-likeness (QED) is 0.749. The Labute approximate surface area is 147 Å². The van der Waals surface area contributed by atoms with E-state index in [1.807, 2.05) is 0 Å². The second kappa shape index (κ2) is 7.25. The van der Waals surface area contributed by atoms with Crippen molar-refractivity contribution in [3.8, 4) is 0 Å². The zero-order chi connectivity index (χ0) is 17.1. The molecule has 1 aromatic rings. The Balaban J connectivity index is 2.48. The fourth-order valence-corrected chi connectivity index (χ4v) is 3.23. The molecule has 0 aliphatic carbocycles. The van der Waals surface area contributed by atoms with Gasteiger partial charge in [-0.05, 0) is 13.0 Å². The van der Waals surface area contributed by atoms with Crippen molar-refractivity contribution in [3.05, 3.63) is 45.1 Å². The van der Waals surface area contributed by atoms with Gasteiger partial charge in [-0.2, -0.15) is 0 Å². The highest BCUT2D eigenvalue weighted by Crippen LogP contribution is 2.38. The van der Waals surface area contributed by atoms with Crippen LogP contribution in [-0.4, -0.2) is 22.7 Å². The van der Waals surface area contributed by atoms with Crippen LogP contribution in [0.25, 0.3) is 0 Å². The van der Waals surface area contributed by atoms with Crippen molar-refractivity contribution in [1.29, 1.82) is 0 Å². The van der Waals surface area contributed by atoms with Gasteiger partial charge in [0, 0.05) is 11.3 Å². The smallest absolute Gasteiger partial charge is 0.248 e. The first-order chi connectivity index (χ1) is 10.8. The summed E-state index contributed by atoms with van der Waals surface area (Å²) in [7, 11) is 0. The summed E-state index contributed by atoms with van der Waals surface area (Å²) in [6.07, 6.45) is 0. The Morgan fingerprint density at radius 2 is 2.04 bits per heavy atom. The number of halogens is 2. The number of nitrogens with two attached hydrogens (primary N) is 2. The number of allylic oxidation sites excluding steroid dienone is 1. The third-order valence-corrected chi connectivity index (χ3v) is 4.85. The summed E-state index contributed by atoms with van der Waals surface area (Å²) in [4.78, 5) is 27.2. The first-order valence-electron chi connectivity index (χ1n) is 6.51. The molecule has 2 rings (SSSR count). The molecule has 9 heteroatoms. The monoisotopic (exact) mass is 372 g/mol. The van der Waals surface area contributed by atoms with E-state index in [9.17, 15) is 9.59 Å². The molecular formula is C14H14Cl2N4O2S. The molecule has 2 amide bonds. The van der Waals surface area contributed by atoms with Crippen LogP contribution in [0.2, 0.25) is 10.0 Å². The van der Waals surface area contributed by atoms with Crippen molar-refractivity contribution < 1.29 is 9.59 Å². The van der Waals surface area contributed by atoms with Gasteiger partial charge in [-0.25, -0.2) is 4.99 Å². The lowest BCUT2D eigenvalue weighted by atomic mass is 9.96. The van der Waals surface area contributed by atoms with Gasteiger partial charge in [0.1, 0.15) is 6.04 Å². The lowest BCUT2D eigenvalue weighted by molar-refractivity contribution is -0.116. The number of hydrogen-bond donors (Lipinski definition) is 3. The summed E-state index contributed by atoms with van der Waals surface area (Å²) < 4.78 is 0. The SMILES string of the molecule is CC1=C(C(N)=O)[C@H](c2cccc(Cl)c2Cl)N=C(SCC(N)=O)N1. The average molecular weight is 373 g/mol. The lowest BCUT2D eigenvalue weighted by Crippen LogP contribution is -2.33. The molecular weight excluding hydrogens is 359 g/mol. The van der Waals surface area contributed by atoms with Crippen LogP contribution in [0.5, 0.6) is 0 Å². The zero-order valence-corrected chi connectivity index (χ0v) is 14.4. The number of amidine groups is 1. The van der Waals surface area contributed by atoms with E-state index in [-0.39, 0.29) is 11.3 Å². The summed E-state index contributed by atoms with van der Waals surface area (Å²) in [5.41, 5.74) is 12.0. The van der Waals surface area contributed by atoms with E-state index in [4.69, 9.17) is 34.7 Å². The number of carbonyl (C=O) groups excluding carboxylic acids is 2. The number of benzene rings is 1. The first kappa shape index (κ1) is 17.7. The number of primary amides is 2. The summed E-state index contributed by atoms with van der Waals surface area (Å²) in [5.74, 6) is -1.03. The van der Waals surface area contributed by atoms with Gasteiger partial charge in [-0.1, -0.05) is 47.1 Å². The number of nitrogens with zero attached hydrogens (tertiary/aromatic N) is 1. The van der Waals surface area contributed by atoms with Crippen LogP contribution in [0.1, 0.15) is 18.5 Å². The van der Waals surface area contributed by atoms with E-state index in [2.05, 4.69) is 10.3 Å². The van der Waals surface area contributed by atoms with E-state index < -0.39 is 17.9 Å². The highest BCUT2D eigenvalue weighted by molar-refractivity contribution is 8.14. The van der Waals surface area contributed by atoms with E-state index >= 15 is 0 Å². The third-order valence-electron chi connectivity index (χ3n) is 3.11. The second-order valence-corrected chi connectivity index (χ2v) is 6.51. The number of nitrogens with one attached hydrogen (secondary N) is 1. The van der Waals surface area contributed by atoms with Gasteiger partial charge in [0.25, 0.3) is 0 Å². The fraction of sp³-hybridized carbons (Fsp3) is 0.214. The summed E-state index contributed by atoms with van der Waals surface area (Å²) in [5, 5.41) is 4.05. The molecule has 0 spiro atoms. The molecule has 1 aliphatic rings. The molecule has 0 fully saturated rings. The van der Waals surface area contributed by atoms with Crippen molar-refractivity contribution in [2.24, 2.45) is 16.5 Å². The molecule has 0 saturated carbocycles. The van der Waals surface area contributed by atoms with Gasteiger partial charge in [0.2, 0.25) is 11.8 Å². The van der Waals surface area contributed by atoms with Crippen molar-refractivity contribution in [2.75, 3.05) is 5.75 Å². The van der Waals surface area contributed by atoms with Crippen LogP contribution in [0.4, 0.5) is 0 Å². The molecule has 122 valence electrons. The fourth-order valence-electron chi connectivity index (χ4n) is 2.14. The predicted octanol–water partition coefficient (Wildman–Crippen LogP) is 1.97. The maximum Gasteiger partial charge on any atom is 0.248 e. The van der Waals surface area contributed by atoms with Crippen LogP contribution < -0.4 is 16.8 Å². The Bertz CT molecular complexity index is 733. The maximum absolute atomic E-state index is 11.8. The minimum atomic E-state index is -0.699. The highest BCUT2D eigenvalue weighted by atomic mass is 35.5. The lowest BCUT2D eigenvalue weighted by Gasteiger charge is -2.25. The van der Waals surface area contributed by atoms with E-state index in [0.29, 0.717) is 26.5 Å². The number of amides is 2. The molecule has 5 N–H and O–H groups in total. The third kappa shape index (κ3) is 3.99. The van der Waals surface area contributed by atoms with Crippen LogP contribution in [0.3, 0.4) is 0 Å². The van der Waals surface area contributed by atoms with Gasteiger partial charge in [0.05, 0.1) is 21.4 Å². The van der Waals surface area contributed by atoms with Crippen LogP contribution in [0.15, 0.2) is 34.5 Å². The molecule has 0 unspecified atom stereocenters. The van der Waals surface area contributed by atoms with E-state index in [1.165, 1.54) is 0 Å². The molecule has 0 saturated heterocycles. The molecule has 6 nitrogen and oxygen atoms in total. The standard InChI is InChI=1S/C14H14Cl2N4O2S/c1-6-10(13(18)22)12(7-3-2-4-8(15)11(7)16)20-14(19-6)23-5-9(17)21/h2-4,12H,5H2,1H3,(H2,17,21)(H2,18,22)(H,19,20)/t12-/m0/s1. The second-order valence-electron chi connectivity index (χ2n) is 4.76. The van der Waals surface area contributed by atoms with Gasteiger partial charge < -0.3 is 16.8 Å². The van der Waals surface area contributed by atoms with Crippen molar-refractivity contribution in [3.63, 3.8) is 0 Å². The van der Waals surface area contributed by atoms with E-state index in [1.54, 1.807) is 25.1 Å². The molecule has 23 heavy (non-hydrogen) atoms. The summed E-state index contributed by atoms with van der Waals surface area (Å²) >= 11 is 13.4. The normalized spacial score (nSPS) is 17.5. The molecule has 1 heterocycles. The Morgan fingerprint density at radius 1 is 1.35 bits per heavy atom.